The molecule has 0 fully saturated rings. The van der Waals surface area contributed by atoms with Gasteiger partial charge in [0.25, 0.3) is 0 Å². The lowest BCUT2D eigenvalue weighted by atomic mass is 9.89. The van der Waals surface area contributed by atoms with Crippen molar-refractivity contribution in [2.45, 2.75) is 131 Å². The Labute approximate surface area is 203 Å². The maximum atomic E-state index is 12.1. The molecule has 0 aromatic rings. The van der Waals surface area contributed by atoms with Crippen LogP contribution in [0, 0.1) is 17.8 Å². The van der Waals surface area contributed by atoms with Gasteiger partial charge >= 0.3 is 0 Å². The maximum Gasteiger partial charge on any atom is 0.192 e. The molecule has 0 radical (unpaired) electrons. The lowest BCUT2D eigenvalue weighted by molar-refractivity contribution is -0.122. The summed E-state index contributed by atoms with van der Waals surface area (Å²) >= 11 is 0. The van der Waals surface area contributed by atoms with Gasteiger partial charge in [-0.05, 0) is 55.5 Å². The molecule has 0 rings (SSSR count). The molecule has 0 saturated carbocycles. The zero-order chi connectivity index (χ0) is 25.7. The molecule has 0 N–H and O–H groups in total. The quantitative estimate of drug-likeness (QED) is 0.205. The van der Waals surface area contributed by atoms with Gasteiger partial charge in [0.05, 0.1) is 6.10 Å². The summed E-state index contributed by atoms with van der Waals surface area (Å²) in [4.78, 5) is 12.1. The van der Waals surface area contributed by atoms with Crippen LogP contribution in [0.1, 0.15) is 89.0 Å². The Morgan fingerprint density at radius 2 is 1.38 bits per heavy atom. The van der Waals surface area contributed by atoms with Gasteiger partial charge in [0.2, 0.25) is 0 Å². The lowest BCUT2D eigenvalue weighted by Gasteiger charge is -2.43. The largest absolute Gasteiger partial charge is 0.416 e. The average molecular weight is 485 g/mol. The molecule has 0 aromatic heterocycles. The predicted molar refractivity (Wildman–Crippen MR) is 146 cm³/mol. The second-order valence-corrected chi connectivity index (χ2v) is 22.8. The summed E-state index contributed by atoms with van der Waals surface area (Å²) in [5.74, 6) is 0.997. The minimum Gasteiger partial charge on any atom is -0.416 e. The fraction of sp³-hybridized carbons (Fsp3) is 0.889. The van der Waals surface area contributed by atoms with Gasteiger partial charge in [0.1, 0.15) is 5.78 Å². The third kappa shape index (κ3) is 9.56. The maximum absolute atomic E-state index is 12.1. The molecule has 0 saturated heterocycles. The van der Waals surface area contributed by atoms with E-state index in [9.17, 15) is 4.79 Å². The highest BCUT2D eigenvalue weighted by atomic mass is 28.4. The zero-order valence-corrected chi connectivity index (χ0v) is 26.2. The van der Waals surface area contributed by atoms with Crippen LogP contribution in [0.15, 0.2) is 11.6 Å². The lowest BCUT2D eigenvalue weighted by Crippen LogP contribution is -2.49. The normalized spacial score (nSPS) is 18.3. The minimum absolute atomic E-state index is 0.0857. The number of carbonyl (C=O) groups excluding carboxylic acids is 1. The fourth-order valence-electron chi connectivity index (χ4n) is 3.47. The Morgan fingerprint density at radius 3 is 1.78 bits per heavy atom. The molecule has 0 amide bonds. The van der Waals surface area contributed by atoms with Crippen molar-refractivity contribution in [1.29, 1.82) is 0 Å². The number of hydrogen-bond acceptors (Lipinski definition) is 3. The topological polar surface area (TPSA) is 35.5 Å². The molecule has 3 nitrogen and oxygen atoms in total. The van der Waals surface area contributed by atoms with Crippen LogP contribution in [0.3, 0.4) is 0 Å². The molecule has 0 aliphatic heterocycles. The Hall–Kier alpha value is -0.236. The van der Waals surface area contributed by atoms with E-state index in [2.05, 4.69) is 94.6 Å². The number of ketones is 1. The van der Waals surface area contributed by atoms with E-state index >= 15 is 0 Å². The van der Waals surface area contributed by atoms with Gasteiger partial charge in [-0.2, -0.15) is 0 Å². The summed E-state index contributed by atoms with van der Waals surface area (Å²) < 4.78 is 13.6. The number of allylic oxidation sites excluding steroid dienone is 1. The monoisotopic (exact) mass is 484 g/mol. The van der Waals surface area contributed by atoms with Gasteiger partial charge in [-0.1, -0.05) is 80.9 Å². The second-order valence-electron chi connectivity index (χ2n) is 13.2. The van der Waals surface area contributed by atoms with Gasteiger partial charge in [-0.15, -0.1) is 0 Å². The molecule has 0 aliphatic rings. The minimum atomic E-state index is -1.94. The summed E-state index contributed by atoms with van der Waals surface area (Å²) in [7, 11) is -3.75. The first kappa shape index (κ1) is 31.8. The fourth-order valence-corrected chi connectivity index (χ4v) is 6.06. The van der Waals surface area contributed by atoms with Crippen LogP contribution in [0.5, 0.6) is 0 Å². The van der Waals surface area contributed by atoms with Crippen molar-refractivity contribution in [1.82, 2.24) is 0 Å². The van der Waals surface area contributed by atoms with E-state index < -0.39 is 16.6 Å². The van der Waals surface area contributed by atoms with Crippen molar-refractivity contribution in [2.75, 3.05) is 6.61 Å². The highest BCUT2D eigenvalue weighted by Crippen LogP contribution is 2.40. The van der Waals surface area contributed by atoms with E-state index in [4.69, 9.17) is 8.85 Å². The Morgan fingerprint density at radius 1 is 0.906 bits per heavy atom. The van der Waals surface area contributed by atoms with Crippen LogP contribution in [-0.2, 0) is 13.6 Å². The first-order chi connectivity index (χ1) is 14.2. The van der Waals surface area contributed by atoms with E-state index in [0.717, 1.165) is 13.0 Å². The molecule has 0 spiro atoms. The van der Waals surface area contributed by atoms with Crippen LogP contribution >= 0.6 is 0 Å². The Bertz CT molecular complexity index is 624. The van der Waals surface area contributed by atoms with Crippen LogP contribution in [0.25, 0.3) is 0 Å². The van der Waals surface area contributed by atoms with Crippen LogP contribution < -0.4 is 0 Å². The molecule has 0 unspecified atom stereocenters. The predicted octanol–water partition coefficient (Wildman–Crippen LogP) is 8.62. The van der Waals surface area contributed by atoms with Gasteiger partial charge in [-0.25, -0.2) is 0 Å². The highest BCUT2D eigenvalue weighted by molar-refractivity contribution is 6.74. The highest BCUT2D eigenvalue weighted by Gasteiger charge is 2.42. The number of rotatable bonds is 12. The molecule has 4 atom stereocenters. The standard InChI is InChI=1S/C27H56O3Si2/c1-16-24(28)21(3)17-20(2)18-22(4)25(30-32(14,15)27(9,10)11)23(5)19-29-31(12,13)26(6,7)8/h18,21-23,25H,16-17,19H2,1-15H3/b20-18-/t21-,22-,23-,25+/m1/s1. The van der Waals surface area contributed by atoms with Crippen molar-refractivity contribution >= 4 is 22.4 Å². The summed E-state index contributed by atoms with van der Waals surface area (Å²) in [6.45, 7) is 34.6. The van der Waals surface area contributed by atoms with E-state index in [1.54, 1.807) is 0 Å². The molecule has 0 aliphatic carbocycles. The summed E-state index contributed by atoms with van der Waals surface area (Å²) in [6, 6.07) is 0. The molecule has 32 heavy (non-hydrogen) atoms. The molecule has 0 heterocycles. The number of hydrogen-bond donors (Lipinski definition) is 0. The number of Topliss-reactive ketones (excluding diaryl/α,β-unsaturated/α-hetero) is 1. The van der Waals surface area contributed by atoms with Crippen molar-refractivity contribution in [3.63, 3.8) is 0 Å². The molecular weight excluding hydrogens is 428 g/mol. The third-order valence-corrected chi connectivity index (χ3v) is 16.9. The summed E-state index contributed by atoms with van der Waals surface area (Å²) in [5.41, 5.74) is 1.29. The first-order valence-electron chi connectivity index (χ1n) is 12.7. The Kier molecular flexibility index (Phi) is 11.9. The zero-order valence-electron chi connectivity index (χ0n) is 24.2. The van der Waals surface area contributed by atoms with E-state index in [1.807, 2.05) is 13.8 Å². The average Bonchev–Trinajstić information content (AvgIpc) is 2.61. The number of carbonyl (C=O) groups is 1. The van der Waals surface area contributed by atoms with Gasteiger partial charge in [0, 0.05) is 24.9 Å². The smallest absolute Gasteiger partial charge is 0.192 e. The molecular formula is C27H56O3Si2. The third-order valence-electron chi connectivity index (χ3n) is 7.90. The molecule has 190 valence electrons. The van der Waals surface area contributed by atoms with Crippen molar-refractivity contribution < 1.29 is 13.6 Å². The van der Waals surface area contributed by atoms with E-state index in [-0.39, 0.29) is 28.0 Å². The van der Waals surface area contributed by atoms with Crippen molar-refractivity contribution in [3.8, 4) is 0 Å². The summed E-state index contributed by atoms with van der Waals surface area (Å²) in [5, 5.41) is 0.359. The van der Waals surface area contributed by atoms with E-state index in [1.165, 1.54) is 5.57 Å². The SMILES string of the molecule is CCC(=O)[C@H](C)C/C(C)=C\[C@@H](C)[C@H](O[Si](C)(C)C(C)(C)C)[C@H](C)CO[Si](C)(C)C(C)(C)C. The second kappa shape index (κ2) is 11.9. The molecule has 0 bridgehead atoms. The Balaban J connectivity index is 5.73. The van der Waals surface area contributed by atoms with Crippen LogP contribution in [0.2, 0.25) is 36.3 Å². The van der Waals surface area contributed by atoms with E-state index in [0.29, 0.717) is 18.1 Å². The summed E-state index contributed by atoms with van der Waals surface area (Å²) in [6.07, 6.45) is 3.90. The van der Waals surface area contributed by atoms with Crippen LogP contribution in [-0.4, -0.2) is 35.1 Å². The first-order valence-corrected chi connectivity index (χ1v) is 18.5. The van der Waals surface area contributed by atoms with Crippen LogP contribution in [0.4, 0.5) is 0 Å². The van der Waals surface area contributed by atoms with Gasteiger partial charge < -0.3 is 8.85 Å². The van der Waals surface area contributed by atoms with Crippen molar-refractivity contribution in [2.24, 2.45) is 17.8 Å². The molecule has 0 aromatic carbocycles. The molecule has 5 heteroatoms. The van der Waals surface area contributed by atoms with Crippen molar-refractivity contribution in [3.05, 3.63) is 11.6 Å². The van der Waals surface area contributed by atoms with Gasteiger partial charge in [0.15, 0.2) is 16.6 Å². The van der Waals surface area contributed by atoms with Gasteiger partial charge in [-0.3, -0.25) is 4.79 Å².